The van der Waals surface area contributed by atoms with Crippen LogP contribution in [0.4, 0.5) is 0 Å². The molecule has 1 rings (SSSR count). The first-order valence-corrected chi connectivity index (χ1v) is 11.3. The van der Waals surface area contributed by atoms with E-state index in [1.54, 1.807) is 0 Å². The summed E-state index contributed by atoms with van der Waals surface area (Å²) >= 11 is 0. The molecule has 114 valence electrons. The second kappa shape index (κ2) is 8.65. The van der Waals surface area contributed by atoms with Crippen LogP contribution in [0.1, 0.15) is 32.3 Å². The van der Waals surface area contributed by atoms with E-state index < -0.39 is 16.6 Å². The zero-order valence-corrected chi connectivity index (χ0v) is 14.9. The maximum Gasteiger partial charge on any atom is 0.692 e. The molecule has 0 radical (unpaired) electrons. The van der Waals surface area contributed by atoms with Gasteiger partial charge < -0.3 is 4.43 Å². The van der Waals surface area contributed by atoms with Crippen molar-refractivity contribution in [3.8, 4) is 0 Å². The van der Waals surface area contributed by atoms with Gasteiger partial charge in [-0.25, -0.2) is 0 Å². The Morgan fingerprint density at radius 2 is 1.50 bits per heavy atom. The summed E-state index contributed by atoms with van der Waals surface area (Å²) in [6.07, 6.45) is 2.08. The molecule has 0 saturated carbocycles. The fraction of sp³-hybridized carbons (Fsp3) is 0.571. The van der Waals surface area contributed by atoms with Gasteiger partial charge >= 0.3 is 8.25 Å². The van der Waals surface area contributed by atoms with Gasteiger partial charge in [0.1, 0.15) is 0 Å². The van der Waals surface area contributed by atoms with Crippen molar-refractivity contribution >= 4 is 16.6 Å². The molecule has 0 amide bonds. The first-order valence-electron chi connectivity index (χ1n) is 6.77. The van der Waals surface area contributed by atoms with E-state index in [2.05, 4.69) is 63.8 Å². The zero-order chi connectivity index (χ0) is 15.8. The van der Waals surface area contributed by atoms with Crippen LogP contribution in [0, 0.1) is 0 Å². The maximum atomic E-state index is 8.70. The van der Waals surface area contributed by atoms with Crippen molar-refractivity contribution < 1.29 is 18.8 Å². The highest BCUT2D eigenvalue weighted by molar-refractivity contribution is 7.30. The third-order valence-corrected chi connectivity index (χ3v) is 3.95. The van der Waals surface area contributed by atoms with Crippen LogP contribution in [0.25, 0.3) is 0 Å². The summed E-state index contributed by atoms with van der Waals surface area (Å²) in [7, 11) is -4.39. The van der Waals surface area contributed by atoms with Crippen molar-refractivity contribution in [2.75, 3.05) is 0 Å². The van der Waals surface area contributed by atoms with Gasteiger partial charge in [-0.2, -0.15) is 0 Å². The fourth-order valence-electron chi connectivity index (χ4n) is 2.19. The van der Waals surface area contributed by atoms with Crippen LogP contribution in [0.2, 0.25) is 19.6 Å². The summed E-state index contributed by atoms with van der Waals surface area (Å²) in [6.45, 7) is 11.2. The number of rotatable bonds is 5. The van der Waals surface area contributed by atoms with E-state index in [4.69, 9.17) is 18.8 Å². The van der Waals surface area contributed by atoms with Crippen molar-refractivity contribution in [2.24, 2.45) is 0 Å². The van der Waals surface area contributed by atoms with E-state index in [1.807, 2.05) is 0 Å². The Hall–Kier alpha value is -0.583. The SMILES string of the molecule is CCC(CC)(O[Si](C)(C)C)c1ccccc1.O=[P+](O)O. The lowest BCUT2D eigenvalue weighted by Gasteiger charge is -2.38. The van der Waals surface area contributed by atoms with Crippen LogP contribution >= 0.6 is 8.25 Å². The second-order valence-corrected chi connectivity index (χ2v) is 10.5. The first-order chi connectivity index (χ1) is 9.17. The minimum absolute atomic E-state index is 0.0776. The highest BCUT2D eigenvalue weighted by atomic mass is 31.1. The normalized spacial score (nSPS) is 11.6. The van der Waals surface area contributed by atoms with Gasteiger partial charge in [-0.05, 0) is 38.0 Å². The zero-order valence-electron chi connectivity index (χ0n) is 13.0. The lowest BCUT2D eigenvalue weighted by atomic mass is 9.89. The van der Waals surface area contributed by atoms with Gasteiger partial charge in [0, 0.05) is 4.57 Å². The van der Waals surface area contributed by atoms with Gasteiger partial charge in [0.15, 0.2) is 8.32 Å². The van der Waals surface area contributed by atoms with E-state index >= 15 is 0 Å². The molecule has 0 fully saturated rings. The van der Waals surface area contributed by atoms with E-state index in [9.17, 15) is 0 Å². The summed E-state index contributed by atoms with van der Waals surface area (Å²) < 4.78 is 15.2. The molecule has 4 nitrogen and oxygen atoms in total. The van der Waals surface area contributed by atoms with Crippen LogP contribution in [-0.4, -0.2) is 18.1 Å². The largest absolute Gasteiger partial charge is 0.692 e. The molecular weight excluding hydrogens is 291 g/mol. The molecule has 0 aliphatic heterocycles. The van der Waals surface area contributed by atoms with Crippen LogP contribution in [-0.2, 0) is 14.6 Å². The Kier molecular flexibility index (Phi) is 8.40. The second-order valence-electron chi connectivity index (χ2n) is 5.53. The molecule has 0 spiro atoms. The number of hydrogen-bond donors (Lipinski definition) is 2. The third kappa shape index (κ3) is 7.27. The molecule has 0 aromatic heterocycles. The molecule has 1 aromatic carbocycles. The number of hydrogen-bond acceptors (Lipinski definition) is 2. The Morgan fingerprint density at radius 1 is 1.10 bits per heavy atom. The van der Waals surface area contributed by atoms with E-state index in [0.29, 0.717) is 0 Å². The molecule has 0 atom stereocenters. The summed E-state index contributed by atoms with van der Waals surface area (Å²) in [5.74, 6) is 0. The van der Waals surface area contributed by atoms with Crippen LogP contribution < -0.4 is 0 Å². The molecule has 0 saturated heterocycles. The lowest BCUT2D eigenvalue weighted by molar-refractivity contribution is 0.0489. The molecule has 0 unspecified atom stereocenters. The van der Waals surface area contributed by atoms with Crippen molar-refractivity contribution in [3.05, 3.63) is 35.9 Å². The minimum atomic E-state index is -2.87. The predicted molar refractivity (Wildman–Crippen MR) is 85.2 cm³/mol. The lowest BCUT2D eigenvalue weighted by Crippen LogP contribution is -2.40. The Morgan fingerprint density at radius 3 is 1.80 bits per heavy atom. The Labute approximate surface area is 123 Å². The molecule has 0 aliphatic carbocycles. The van der Waals surface area contributed by atoms with Gasteiger partial charge in [0.2, 0.25) is 0 Å². The minimum Gasteiger partial charge on any atom is -0.408 e. The average molecular weight is 317 g/mol. The van der Waals surface area contributed by atoms with E-state index in [0.717, 1.165) is 12.8 Å². The topological polar surface area (TPSA) is 66.8 Å². The molecule has 0 aliphatic rings. The predicted octanol–water partition coefficient (Wildman–Crippen LogP) is 4.18. The van der Waals surface area contributed by atoms with Gasteiger partial charge in [-0.3, -0.25) is 0 Å². The monoisotopic (exact) mass is 317 g/mol. The molecule has 6 heteroatoms. The smallest absolute Gasteiger partial charge is 0.408 e. The highest BCUT2D eigenvalue weighted by Gasteiger charge is 2.34. The molecular formula is C14H26O4PSi+. The molecule has 0 bridgehead atoms. The van der Waals surface area contributed by atoms with Gasteiger partial charge in [-0.15, -0.1) is 9.79 Å². The molecule has 0 heterocycles. The molecule has 2 N–H and O–H groups in total. The van der Waals surface area contributed by atoms with Crippen LogP contribution in [0.5, 0.6) is 0 Å². The fourth-order valence-corrected chi connectivity index (χ4v) is 3.77. The molecule has 1 aromatic rings. The average Bonchev–Trinajstić information content (AvgIpc) is 2.35. The molecule has 20 heavy (non-hydrogen) atoms. The van der Waals surface area contributed by atoms with Gasteiger partial charge in [-0.1, -0.05) is 44.2 Å². The van der Waals surface area contributed by atoms with Crippen molar-refractivity contribution in [1.82, 2.24) is 0 Å². The van der Waals surface area contributed by atoms with E-state index in [1.165, 1.54) is 5.56 Å². The Bertz CT molecular complexity index is 395. The summed E-state index contributed by atoms with van der Waals surface area (Å²) in [5, 5.41) is 0. The number of benzene rings is 1. The quantitative estimate of drug-likeness (QED) is 0.631. The third-order valence-electron chi connectivity index (χ3n) is 2.94. The van der Waals surface area contributed by atoms with Gasteiger partial charge in [0.25, 0.3) is 0 Å². The van der Waals surface area contributed by atoms with Crippen LogP contribution in [0.15, 0.2) is 30.3 Å². The Balaban J connectivity index is 0.000000796. The summed E-state index contributed by atoms with van der Waals surface area (Å²) in [6, 6.07) is 10.6. The van der Waals surface area contributed by atoms with Crippen LogP contribution in [0.3, 0.4) is 0 Å². The summed E-state index contributed by atoms with van der Waals surface area (Å²) in [4.78, 5) is 14.2. The van der Waals surface area contributed by atoms with Crippen molar-refractivity contribution in [1.29, 1.82) is 0 Å². The standard InChI is InChI=1S/C14H24OSi.HO3P/c1-6-14(7-2,15-16(3,4)5)13-11-9-8-10-12-13;1-4(2)3/h8-12H,6-7H2,1-5H3;(H-,1,2,3)/p+1. The van der Waals surface area contributed by atoms with E-state index in [-0.39, 0.29) is 5.60 Å². The van der Waals surface area contributed by atoms with Crippen molar-refractivity contribution in [2.45, 2.75) is 51.9 Å². The maximum absolute atomic E-state index is 8.70. The first kappa shape index (κ1) is 19.4. The summed E-state index contributed by atoms with van der Waals surface area (Å²) in [5.41, 5.74) is 1.24. The van der Waals surface area contributed by atoms with Crippen molar-refractivity contribution in [3.63, 3.8) is 0 Å². The van der Waals surface area contributed by atoms with Gasteiger partial charge in [0.05, 0.1) is 5.60 Å². The highest BCUT2D eigenvalue weighted by Crippen LogP contribution is 2.35.